The molecule has 6 nitrogen and oxygen atoms in total. The minimum absolute atomic E-state index is 0.154. The smallest absolute Gasteiger partial charge is 0.145 e. The minimum atomic E-state index is -1.77. The van der Waals surface area contributed by atoms with Crippen molar-refractivity contribution in [3.8, 4) is 0 Å². The number of hydrogen-bond acceptors (Lipinski definition) is 6. The summed E-state index contributed by atoms with van der Waals surface area (Å²) < 4.78 is 25.0. The summed E-state index contributed by atoms with van der Waals surface area (Å²) in [6.07, 6.45) is -3.83. The third-order valence-corrected chi connectivity index (χ3v) is 7.23. The van der Waals surface area contributed by atoms with Crippen molar-refractivity contribution >= 4 is 0 Å². The summed E-state index contributed by atoms with van der Waals surface area (Å²) in [7, 11) is 0. The predicted octanol–water partition coefficient (Wildman–Crippen LogP) is 5.07. The Labute approximate surface area is 235 Å². The van der Waals surface area contributed by atoms with Gasteiger partial charge in [0.1, 0.15) is 30.0 Å². The molecule has 4 aromatic rings. The van der Waals surface area contributed by atoms with Gasteiger partial charge in [0.25, 0.3) is 0 Å². The van der Waals surface area contributed by atoms with Crippen LogP contribution >= 0.6 is 0 Å². The molecule has 0 bridgehead atoms. The fraction of sp³-hybridized carbons (Fsp3) is 0.294. The van der Waals surface area contributed by atoms with Crippen LogP contribution in [0.2, 0.25) is 0 Å². The molecule has 6 heteroatoms. The fourth-order valence-corrected chi connectivity index (χ4v) is 5.06. The highest BCUT2D eigenvalue weighted by Crippen LogP contribution is 2.39. The van der Waals surface area contributed by atoms with Gasteiger partial charge in [-0.2, -0.15) is 0 Å². The van der Waals surface area contributed by atoms with Crippen LogP contribution in [0, 0.1) is 0 Å². The second-order valence-electron chi connectivity index (χ2n) is 10.2. The number of rotatable bonds is 13. The molecule has 1 aliphatic rings. The lowest BCUT2D eigenvalue weighted by Crippen LogP contribution is -2.53. The summed E-state index contributed by atoms with van der Waals surface area (Å²) in [5.41, 5.74) is 2.06. The van der Waals surface area contributed by atoms with E-state index >= 15 is 0 Å². The quantitative estimate of drug-likeness (QED) is 0.247. The van der Waals surface area contributed by atoms with E-state index in [9.17, 15) is 10.2 Å². The SMILES string of the molecule is O[C@@H]1[C@H](OCc2ccccc2)[C@@H](OCc2ccccc2)[C@H](OCc2ccccc2)[C@]1(O)COCc1ccccc1. The Kier molecular flexibility index (Phi) is 9.73. The van der Waals surface area contributed by atoms with Crippen LogP contribution in [0.5, 0.6) is 0 Å². The third-order valence-electron chi connectivity index (χ3n) is 7.23. The van der Waals surface area contributed by atoms with Gasteiger partial charge in [0, 0.05) is 0 Å². The number of aliphatic hydroxyl groups excluding tert-OH is 1. The van der Waals surface area contributed by atoms with Gasteiger partial charge in [-0.3, -0.25) is 0 Å². The zero-order valence-electron chi connectivity index (χ0n) is 22.4. The molecule has 1 saturated carbocycles. The minimum Gasteiger partial charge on any atom is -0.387 e. The maximum Gasteiger partial charge on any atom is 0.145 e. The zero-order valence-corrected chi connectivity index (χ0v) is 22.4. The molecule has 1 fully saturated rings. The Morgan fingerprint density at radius 2 is 0.875 bits per heavy atom. The molecule has 0 amide bonds. The maximum atomic E-state index is 12.1. The van der Waals surface area contributed by atoms with Crippen LogP contribution in [0.4, 0.5) is 0 Å². The van der Waals surface area contributed by atoms with E-state index in [0.717, 1.165) is 22.3 Å². The average Bonchev–Trinajstić information content (AvgIpc) is 3.20. The van der Waals surface area contributed by atoms with Gasteiger partial charge in [-0.25, -0.2) is 0 Å². The molecular formula is C34H36O6. The van der Waals surface area contributed by atoms with Crippen LogP contribution in [0.3, 0.4) is 0 Å². The molecule has 0 saturated heterocycles. The fourth-order valence-electron chi connectivity index (χ4n) is 5.06. The van der Waals surface area contributed by atoms with Crippen molar-refractivity contribution < 1.29 is 29.2 Å². The van der Waals surface area contributed by atoms with Crippen LogP contribution < -0.4 is 0 Å². The van der Waals surface area contributed by atoms with E-state index in [0.29, 0.717) is 0 Å². The monoisotopic (exact) mass is 540 g/mol. The van der Waals surface area contributed by atoms with Gasteiger partial charge >= 0.3 is 0 Å². The summed E-state index contributed by atoms with van der Waals surface area (Å²) in [6, 6.07) is 39.0. The molecule has 0 heterocycles. The summed E-state index contributed by atoms with van der Waals surface area (Å²) in [6.45, 7) is 0.886. The highest BCUT2D eigenvalue weighted by atomic mass is 16.6. The molecule has 2 N–H and O–H groups in total. The molecule has 5 atom stereocenters. The van der Waals surface area contributed by atoms with E-state index in [-0.39, 0.29) is 33.0 Å². The highest BCUT2D eigenvalue weighted by molar-refractivity contribution is 5.19. The van der Waals surface area contributed by atoms with Gasteiger partial charge in [0.15, 0.2) is 0 Å². The van der Waals surface area contributed by atoms with E-state index in [2.05, 4.69) is 0 Å². The van der Waals surface area contributed by atoms with Crippen LogP contribution in [-0.2, 0) is 45.4 Å². The second kappa shape index (κ2) is 13.8. The van der Waals surface area contributed by atoms with Crippen molar-refractivity contribution in [2.75, 3.05) is 6.61 Å². The van der Waals surface area contributed by atoms with Crippen molar-refractivity contribution in [2.24, 2.45) is 0 Å². The second-order valence-corrected chi connectivity index (χ2v) is 10.2. The van der Waals surface area contributed by atoms with Crippen molar-refractivity contribution in [2.45, 2.75) is 56.4 Å². The first kappa shape index (κ1) is 28.2. The van der Waals surface area contributed by atoms with Gasteiger partial charge in [0.05, 0.1) is 33.0 Å². The van der Waals surface area contributed by atoms with Crippen LogP contribution in [-0.4, -0.2) is 46.8 Å². The van der Waals surface area contributed by atoms with Crippen molar-refractivity contribution in [1.29, 1.82) is 0 Å². The number of aliphatic hydroxyl groups is 2. The Balaban J connectivity index is 1.40. The normalized spacial score (nSPS) is 24.2. The summed E-state index contributed by atoms with van der Waals surface area (Å²) >= 11 is 0. The lowest BCUT2D eigenvalue weighted by molar-refractivity contribution is -0.189. The zero-order chi connectivity index (χ0) is 27.6. The van der Waals surface area contributed by atoms with Gasteiger partial charge in [0.2, 0.25) is 0 Å². The van der Waals surface area contributed by atoms with Crippen LogP contribution in [0.25, 0.3) is 0 Å². The van der Waals surface area contributed by atoms with E-state index in [1.807, 2.05) is 121 Å². The number of hydrogen-bond donors (Lipinski definition) is 2. The molecule has 0 radical (unpaired) electrons. The Bertz CT molecular complexity index is 1270. The molecule has 4 aromatic carbocycles. The average molecular weight is 541 g/mol. The standard InChI is InChI=1S/C34H36O6/c35-32-30(38-22-27-15-7-2-8-16-27)31(39-23-28-17-9-3-10-18-28)33(40-24-29-19-11-4-12-20-29)34(32,36)25-37-21-26-13-5-1-6-14-26/h1-20,30-33,35-36H,21-25H2/t30-,31-,32-,33+,34+/m1/s1. The highest BCUT2D eigenvalue weighted by Gasteiger charge is 2.62. The molecule has 0 aliphatic heterocycles. The first-order valence-electron chi connectivity index (χ1n) is 13.6. The van der Waals surface area contributed by atoms with E-state index in [1.54, 1.807) is 0 Å². The molecule has 40 heavy (non-hydrogen) atoms. The Morgan fingerprint density at radius 3 is 1.32 bits per heavy atom. The molecule has 0 unspecified atom stereocenters. The summed E-state index contributed by atoms with van der Waals surface area (Å²) in [5, 5.41) is 23.7. The van der Waals surface area contributed by atoms with Gasteiger partial charge in [-0.05, 0) is 22.3 Å². The first-order chi connectivity index (χ1) is 19.6. The third kappa shape index (κ3) is 7.04. The lowest BCUT2D eigenvalue weighted by atomic mass is 9.98. The maximum absolute atomic E-state index is 12.1. The molecule has 1 aliphatic carbocycles. The largest absolute Gasteiger partial charge is 0.387 e. The van der Waals surface area contributed by atoms with Gasteiger partial charge < -0.3 is 29.2 Å². The van der Waals surface area contributed by atoms with Crippen LogP contribution in [0.15, 0.2) is 121 Å². The van der Waals surface area contributed by atoms with E-state index < -0.39 is 30.0 Å². The molecule has 0 aromatic heterocycles. The first-order valence-corrected chi connectivity index (χ1v) is 13.6. The number of ether oxygens (including phenoxy) is 4. The molecule has 5 rings (SSSR count). The Morgan fingerprint density at radius 1 is 0.500 bits per heavy atom. The van der Waals surface area contributed by atoms with Gasteiger partial charge in [-0.15, -0.1) is 0 Å². The topological polar surface area (TPSA) is 77.4 Å². The predicted molar refractivity (Wildman–Crippen MR) is 152 cm³/mol. The summed E-state index contributed by atoms with van der Waals surface area (Å²) in [4.78, 5) is 0. The van der Waals surface area contributed by atoms with Crippen molar-refractivity contribution in [3.63, 3.8) is 0 Å². The molecule has 0 spiro atoms. The van der Waals surface area contributed by atoms with Gasteiger partial charge in [-0.1, -0.05) is 121 Å². The molecule has 208 valence electrons. The van der Waals surface area contributed by atoms with E-state index in [4.69, 9.17) is 18.9 Å². The summed E-state index contributed by atoms with van der Waals surface area (Å²) in [5.74, 6) is 0. The van der Waals surface area contributed by atoms with Crippen molar-refractivity contribution in [3.05, 3.63) is 144 Å². The lowest BCUT2D eigenvalue weighted by Gasteiger charge is -2.33. The number of benzene rings is 4. The van der Waals surface area contributed by atoms with E-state index in [1.165, 1.54) is 0 Å². The Hall–Kier alpha value is -3.36. The van der Waals surface area contributed by atoms with Crippen molar-refractivity contribution in [1.82, 2.24) is 0 Å². The van der Waals surface area contributed by atoms with Crippen LogP contribution in [0.1, 0.15) is 22.3 Å². The molecular weight excluding hydrogens is 504 g/mol.